The number of thiazole rings is 1. The number of carboxylic acid groups (broad SMARTS) is 1. The van der Waals surface area contributed by atoms with Crippen LogP contribution in [0, 0.1) is 0 Å². The first-order valence-corrected chi connectivity index (χ1v) is 6.43. The quantitative estimate of drug-likeness (QED) is 0.885. The molecule has 0 spiro atoms. The topological polar surface area (TPSA) is 70.5 Å². The van der Waals surface area contributed by atoms with E-state index in [-0.39, 0.29) is 5.91 Å². The normalized spacial score (nSPS) is 19.6. The van der Waals surface area contributed by atoms with E-state index in [2.05, 4.69) is 4.98 Å². The van der Waals surface area contributed by atoms with Gasteiger partial charge in [-0.25, -0.2) is 9.78 Å². The highest BCUT2D eigenvalue weighted by atomic mass is 32.1. The first kappa shape index (κ1) is 12.0. The number of nitrogens with zero attached hydrogens (tertiary/aromatic N) is 2. The second-order valence-corrected chi connectivity index (χ2v) is 5.08. The van der Waals surface area contributed by atoms with Crippen LogP contribution in [0.1, 0.15) is 34.4 Å². The van der Waals surface area contributed by atoms with Crippen LogP contribution in [0.2, 0.25) is 0 Å². The Morgan fingerprint density at radius 3 is 3.00 bits per heavy atom. The lowest BCUT2D eigenvalue weighted by Crippen LogP contribution is -2.40. The van der Waals surface area contributed by atoms with Gasteiger partial charge in [-0.05, 0) is 19.3 Å². The molecule has 1 aromatic rings. The first-order valence-electron chi connectivity index (χ1n) is 5.62. The lowest BCUT2D eigenvalue weighted by molar-refractivity contribution is -0.141. The van der Waals surface area contributed by atoms with E-state index in [9.17, 15) is 9.59 Å². The maximum Gasteiger partial charge on any atom is 0.326 e. The number of rotatable bonds is 3. The molecule has 0 unspecified atom stereocenters. The molecule has 1 aliphatic rings. The molecule has 2 heterocycles. The highest BCUT2D eigenvalue weighted by Gasteiger charge is 2.34. The summed E-state index contributed by atoms with van der Waals surface area (Å²) >= 11 is 1.35. The van der Waals surface area contributed by atoms with Gasteiger partial charge in [0.2, 0.25) is 0 Å². The predicted octanol–water partition coefficient (Wildman–Crippen LogP) is 1.39. The van der Waals surface area contributed by atoms with E-state index < -0.39 is 12.0 Å². The minimum atomic E-state index is -0.920. The van der Waals surface area contributed by atoms with Gasteiger partial charge in [-0.1, -0.05) is 6.92 Å². The zero-order valence-electron chi connectivity index (χ0n) is 9.55. The first-order chi connectivity index (χ1) is 8.13. The van der Waals surface area contributed by atoms with Crippen LogP contribution in [0.25, 0.3) is 0 Å². The Hall–Kier alpha value is -1.43. The summed E-state index contributed by atoms with van der Waals surface area (Å²) in [4.78, 5) is 29.2. The van der Waals surface area contributed by atoms with Crippen LogP contribution < -0.4 is 0 Å². The van der Waals surface area contributed by atoms with E-state index in [0.717, 1.165) is 17.8 Å². The molecular formula is C11H14N2O3S. The predicted molar refractivity (Wildman–Crippen MR) is 63.2 cm³/mol. The summed E-state index contributed by atoms with van der Waals surface area (Å²) in [6.45, 7) is 2.50. The number of likely N-dealkylation sites (tertiary alicyclic amines) is 1. The lowest BCUT2D eigenvalue weighted by Gasteiger charge is -2.20. The van der Waals surface area contributed by atoms with Gasteiger partial charge in [0.1, 0.15) is 10.9 Å². The highest BCUT2D eigenvalue weighted by molar-refractivity contribution is 7.13. The van der Waals surface area contributed by atoms with Crippen molar-refractivity contribution in [3.8, 4) is 0 Å². The third-order valence-corrected chi connectivity index (χ3v) is 4.00. The number of aliphatic carboxylic acids is 1. The van der Waals surface area contributed by atoms with Gasteiger partial charge in [-0.15, -0.1) is 11.3 Å². The SMILES string of the molecule is CCc1ncc(C(=O)N2CCC[C@@H]2C(=O)O)s1. The summed E-state index contributed by atoms with van der Waals surface area (Å²) in [7, 11) is 0. The maximum atomic E-state index is 12.1. The van der Waals surface area contributed by atoms with Crippen LogP contribution in [-0.2, 0) is 11.2 Å². The van der Waals surface area contributed by atoms with Crippen molar-refractivity contribution in [1.82, 2.24) is 9.88 Å². The number of aryl methyl sites for hydroxylation is 1. The Labute approximate surface area is 103 Å². The average Bonchev–Trinajstić information content (AvgIpc) is 2.97. The Morgan fingerprint density at radius 1 is 1.65 bits per heavy atom. The molecule has 2 rings (SSSR count). The molecule has 1 aromatic heterocycles. The molecule has 1 aliphatic heterocycles. The average molecular weight is 254 g/mol. The van der Waals surface area contributed by atoms with Crippen LogP contribution in [-0.4, -0.2) is 39.5 Å². The van der Waals surface area contributed by atoms with E-state index >= 15 is 0 Å². The van der Waals surface area contributed by atoms with Gasteiger partial charge in [0.05, 0.1) is 11.2 Å². The molecule has 17 heavy (non-hydrogen) atoms. The number of aromatic nitrogens is 1. The van der Waals surface area contributed by atoms with Gasteiger partial charge in [-0.2, -0.15) is 0 Å². The molecule has 0 saturated carbocycles. The van der Waals surface area contributed by atoms with Gasteiger partial charge in [0.25, 0.3) is 5.91 Å². The monoisotopic (exact) mass is 254 g/mol. The molecule has 1 N–H and O–H groups in total. The molecule has 1 amide bonds. The van der Waals surface area contributed by atoms with Crippen molar-refractivity contribution in [3.63, 3.8) is 0 Å². The Balaban J connectivity index is 2.16. The second kappa shape index (κ2) is 4.83. The fourth-order valence-electron chi connectivity index (χ4n) is 1.98. The maximum absolute atomic E-state index is 12.1. The molecular weight excluding hydrogens is 240 g/mol. The van der Waals surface area contributed by atoms with Gasteiger partial charge >= 0.3 is 5.97 Å². The van der Waals surface area contributed by atoms with Crippen molar-refractivity contribution in [2.45, 2.75) is 32.2 Å². The van der Waals surface area contributed by atoms with E-state index in [1.807, 2.05) is 6.92 Å². The standard InChI is InChI=1S/C11H14N2O3S/c1-2-9-12-6-8(17-9)10(14)13-5-3-4-7(13)11(15)16/h6-7H,2-5H2,1H3,(H,15,16)/t7-/m1/s1. The Bertz CT molecular complexity index is 444. The molecule has 6 heteroatoms. The fourth-order valence-corrected chi connectivity index (χ4v) is 2.79. The fraction of sp³-hybridized carbons (Fsp3) is 0.545. The molecule has 0 aromatic carbocycles. The van der Waals surface area contributed by atoms with Crippen LogP contribution in [0.5, 0.6) is 0 Å². The van der Waals surface area contributed by atoms with Gasteiger partial charge < -0.3 is 10.0 Å². The van der Waals surface area contributed by atoms with Crippen molar-refractivity contribution in [2.24, 2.45) is 0 Å². The Kier molecular flexibility index (Phi) is 3.42. The zero-order valence-corrected chi connectivity index (χ0v) is 10.4. The number of hydrogen-bond donors (Lipinski definition) is 1. The minimum Gasteiger partial charge on any atom is -0.480 e. The van der Waals surface area contributed by atoms with Crippen LogP contribution >= 0.6 is 11.3 Å². The smallest absolute Gasteiger partial charge is 0.326 e. The number of hydrogen-bond acceptors (Lipinski definition) is 4. The summed E-state index contributed by atoms with van der Waals surface area (Å²) in [6.07, 6.45) is 3.63. The molecule has 1 atom stereocenters. The molecule has 1 fully saturated rings. The van der Waals surface area contributed by atoms with Crippen LogP contribution in [0.3, 0.4) is 0 Å². The summed E-state index contributed by atoms with van der Waals surface area (Å²) < 4.78 is 0. The third-order valence-electron chi connectivity index (χ3n) is 2.87. The van der Waals surface area contributed by atoms with Crippen molar-refractivity contribution in [2.75, 3.05) is 6.54 Å². The van der Waals surface area contributed by atoms with Crippen molar-refractivity contribution in [3.05, 3.63) is 16.1 Å². The molecule has 0 bridgehead atoms. The Morgan fingerprint density at radius 2 is 2.41 bits per heavy atom. The van der Waals surface area contributed by atoms with E-state index in [0.29, 0.717) is 17.8 Å². The van der Waals surface area contributed by atoms with E-state index in [4.69, 9.17) is 5.11 Å². The summed E-state index contributed by atoms with van der Waals surface area (Å²) in [6, 6.07) is -0.672. The molecule has 92 valence electrons. The van der Waals surface area contributed by atoms with Crippen molar-refractivity contribution >= 4 is 23.2 Å². The summed E-state index contributed by atoms with van der Waals surface area (Å²) in [5.41, 5.74) is 0. The number of carbonyl (C=O) groups is 2. The van der Waals surface area contributed by atoms with Crippen molar-refractivity contribution < 1.29 is 14.7 Å². The molecule has 0 aliphatic carbocycles. The molecule has 1 saturated heterocycles. The number of carbonyl (C=O) groups excluding carboxylic acids is 1. The van der Waals surface area contributed by atoms with E-state index in [1.165, 1.54) is 16.2 Å². The van der Waals surface area contributed by atoms with Crippen LogP contribution in [0.15, 0.2) is 6.20 Å². The number of amides is 1. The van der Waals surface area contributed by atoms with Crippen molar-refractivity contribution in [1.29, 1.82) is 0 Å². The second-order valence-electron chi connectivity index (χ2n) is 3.97. The summed E-state index contributed by atoms with van der Waals surface area (Å²) in [5.74, 6) is -1.12. The number of carboxylic acids is 1. The minimum absolute atomic E-state index is 0.202. The largest absolute Gasteiger partial charge is 0.480 e. The van der Waals surface area contributed by atoms with Gasteiger partial charge in [0, 0.05) is 6.54 Å². The molecule has 5 nitrogen and oxygen atoms in total. The van der Waals surface area contributed by atoms with Gasteiger partial charge in [-0.3, -0.25) is 4.79 Å². The van der Waals surface area contributed by atoms with E-state index in [1.54, 1.807) is 6.20 Å². The highest BCUT2D eigenvalue weighted by Crippen LogP contribution is 2.23. The van der Waals surface area contributed by atoms with Gasteiger partial charge in [0.15, 0.2) is 0 Å². The third kappa shape index (κ3) is 2.31. The van der Waals surface area contributed by atoms with Crippen LogP contribution in [0.4, 0.5) is 0 Å². The zero-order chi connectivity index (χ0) is 12.4. The molecule has 0 radical (unpaired) electrons. The summed E-state index contributed by atoms with van der Waals surface area (Å²) in [5, 5.41) is 9.93. The lowest BCUT2D eigenvalue weighted by atomic mass is 10.2.